The summed E-state index contributed by atoms with van der Waals surface area (Å²) >= 11 is 0. The van der Waals surface area contributed by atoms with Crippen LogP contribution in [0.4, 0.5) is 8.78 Å². The molecule has 1 amide bonds. The summed E-state index contributed by atoms with van der Waals surface area (Å²) in [5.41, 5.74) is 0.546. The Morgan fingerprint density at radius 3 is 2.72 bits per heavy atom. The van der Waals surface area contributed by atoms with Gasteiger partial charge in [0.2, 0.25) is 0 Å². The molecule has 3 rings (SSSR count). The summed E-state index contributed by atoms with van der Waals surface area (Å²) in [7, 11) is 1.10. The topological polar surface area (TPSA) is 64.6 Å². The number of rotatable bonds is 4. The first-order chi connectivity index (χ1) is 12.0. The zero-order chi connectivity index (χ0) is 18.0. The van der Waals surface area contributed by atoms with Crippen LogP contribution in [0, 0.1) is 11.6 Å². The van der Waals surface area contributed by atoms with Crippen LogP contribution in [-0.2, 0) is 20.7 Å². The molecule has 1 aliphatic rings. The highest BCUT2D eigenvalue weighted by molar-refractivity contribution is 5.88. The zero-order valence-corrected chi connectivity index (χ0v) is 13.3. The SMILES string of the molecule is COC(=O)C(NC(=O)C1Cc2ccccc2O1)c1cc(F)ccc1F. The van der Waals surface area contributed by atoms with Crippen molar-refractivity contribution in [3.05, 3.63) is 65.2 Å². The molecule has 0 saturated carbocycles. The molecule has 0 aliphatic carbocycles. The van der Waals surface area contributed by atoms with E-state index in [4.69, 9.17) is 4.74 Å². The van der Waals surface area contributed by atoms with Crippen molar-refractivity contribution < 1.29 is 27.8 Å². The molecule has 1 aliphatic heterocycles. The van der Waals surface area contributed by atoms with Crippen molar-refractivity contribution in [1.82, 2.24) is 5.32 Å². The summed E-state index contributed by atoms with van der Waals surface area (Å²) in [6.07, 6.45) is -0.539. The maximum atomic E-state index is 14.0. The van der Waals surface area contributed by atoms with Gasteiger partial charge in [0, 0.05) is 12.0 Å². The molecule has 130 valence electrons. The highest BCUT2D eigenvalue weighted by Crippen LogP contribution is 2.29. The van der Waals surface area contributed by atoms with Gasteiger partial charge >= 0.3 is 5.97 Å². The molecule has 2 aromatic carbocycles. The number of nitrogens with one attached hydrogen (secondary N) is 1. The van der Waals surface area contributed by atoms with Gasteiger partial charge < -0.3 is 14.8 Å². The average molecular weight is 347 g/mol. The van der Waals surface area contributed by atoms with Crippen LogP contribution in [0.1, 0.15) is 17.2 Å². The number of carbonyl (C=O) groups excluding carboxylic acids is 2. The number of benzene rings is 2. The molecule has 0 saturated heterocycles. The van der Waals surface area contributed by atoms with Crippen LogP contribution < -0.4 is 10.1 Å². The van der Waals surface area contributed by atoms with E-state index in [1.54, 1.807) is 12.1 Å². The fourth-order valence-electron chi connectivity index (χ4n) is 2.68. The first-order valence-corrected chi connectivity index (χ1v) is 7.57. The monoisotopic (exact) mass is 347 g/mol. The van der Waals surface area contributed by atoms with Gasteiger partial charge in [-0.2, -0.15) is 0 Å². The highest BCUT2D eigenvalue weighted by Gasteiger charge is 2.33. The Hall–Kier alpha value is -2.96. The van der Waals surface area contributed by atoms with Crippen LogP contribution in [0.2, 0.25) is 0 Å². The average Bonchev–Trinajstić information content (AvgIpc) is 3.05. The lowest BCUT2D eigenvalue weighted by atomic mass is 10.0. The van der Waals surface area contributed by atoms with E-state index >= 15 is 0 Å². The lowest BCUT2D eigenvalue weighted by Crippen LogP contribution is -2.42. The Labute approximate surface area is 142 Å². The second-order valence-electron chi connectivity index (χ2n) is 5.55. The van der Waals surface area contributed by atoms with E-state index in [2.05, 4.69) is 10.1 Å². The van der Waals surface area contributed by atoms with E-state index in [-0.39, 0.29) is 5.56 Å². The molecule has 0 bridgehead atoms. The molecular weight excluding hydrogens is 332 g/mol. The molecule has 0 spiro atoms. The first kappa shape index (κ1) is 16.9. The highest BCUT2D eigenvalue weighted by atomic mass is 19.1. The number of fused-ring (bicyclic) bond motifs is 1. The standard InChI is InChI=1S/C18H15F2NO4/c1-24-18(23)16(12-9-11(19)6-7-13(12)20)21-17(22)15-8-10-4-2-3-5-14(10)25-15/h2-7,9,15-16H,8H2,1H3,(H,21,22). The van der Waals surface area contributed by atoms with Crippen LogP contribution in [-0.4, -0.2) is 25.1 Å². The van der Waals surface area contributed by atoms with Crippen molar-refractivity contribution in [1.29, 1.82) is 0 Å². The largest absolute Gasteiger partial charge is 0.480 e. The van der Waals surface area contributed by atoms with E-state index in [9.17, 15) is 18.4 Å². The Balaban J connectivity index is 1.81. The van der Waals surface area contributed by atoms with Crippen molar-refractivity contribution in [2.24, 2.45) is 0 Å². The predicted octanol–water partition coefficient (Wildman–Crippen LogP) is 2.30. The van der Waals surface area contributed by atoms with Gasteiger partial charge in [-0.25, -0.2) is 13.6 Å². The van der Waals surface area contributed by atoms with Crippen LogP contribution >= 0.6 is 0 Å². The lowest BCUT2D eigenvalue weighted by Gasteiger charge is -2.19. The quantitative estimate of drug-likeness (QED) is 0.862. The molecule has 0 aromatic heterocycles. The van der Waals surface area contributed by atoms with E-state index in [0.29, 0.717) is 12.2 Å². The van der Waals surface area contributed by atoms with Crippen molar-refractivity contribution >= 4 is 11.9 Å². The Morgan fingerprint density at radius 2 is 2.00 bits per heavy atom. The Bertz CT molecular complexity index is 799. The minimum atomic E-state index is -1.47. The molecule has 1 N–H and O–H groups in total. The number of halogens is 2. The fourth-order valence-corrected chi connectivity index (χ4v) is 2.68. The van der Waals surface area contributed by atoms with Gasteiger partial charge in [0.1, 0.15) is 17.4 Å². The Kier molecular flexibility index (Phi) is 4.65. The molecule has 2 atom stereocenters. The fraction of sp³-hybridized carbons (Fsp3) is 0.222. The third kappa shape index (κ3) is 3.45. The summed E-state index contributed by atoms with van der Waals surface area (Å²) in [4.78, 5) is 24.4. The smallest absolute Gasteiger partial charge is 0.333 e. The second kappa shape index (κ2) is 6.88. The van der Waals surface area contributed by atoms with Crippen molar-refractivity contribution in [3.8, 4) is 5.75 Å². The van der Waals surface area contributed by atoms with Crippen molar-refractivity contribution in [2.45, 2.75) is 18.6 Å². The van der Waals surface area contributed by atoms with Crippen LogP contribution in [0.5, 0.6) is 5.75 Å². The summed E-state index contributed by atoms with van der Waals surface area (Å²) in [6.45, 7) is 0. The van der Waals surface area contributed by atoms with E-state index in [1.807, 2.05) is 12.1 Å². The summed E-state index contributed by atoms with van der Waals surface area (Å²) in [5, 5.41) is 2.38. The number of ether oxygens (including phenoxy) is 2. The number of hydrogen-bond donors (Lipinski definition) is 1. The summed E-state index contributed by atoms with van der Waals surface area (Å²) in [5.74, 6) is -2.50. The second-order valence-corrected chi connectivity index (χ2v) is 5.55. The van der Waals surface area contributed by atoms with E-state index in [1.165, 1.54) is 0 Å². The van der Waals surface area contributed by atoms with Crippen LogP contribution in [0.3, 0.4) is 0 Å². The molecule has 7 heteroatoms. The van der Waals surface area contributed by atoms with Crippen LogP contribution in [0.15, 0.2) is 42.5 Å². The minimum Gasteiger partial charge on any atom is -0.480 e. The number of amides is 1. The van der Waals surface area contributed by atoms with Crippen molar-refractivity contribution in [3.63, 3.8) is 0 Å². The normalized spacial score (nSPS) is 16.5. The van der Waals surface area contributed by atoms with E-state index < -0.39 is 35.7 Å². The maximum Gasteiger partial charge on any atom is 0.333 e. The van der Waals surface area contributed by atoms with E-state index in [0.717, 1.165) is 30.9 Å². The summed E-state index contributed by atoms with van der Waals surface area (Å²) < 4.78 is 37.6. The Morgan fingerprint density at radius 1 is 1.24 bits per heavy atom. The first-order valence-electron chi connectivity index (χ1n) is 7.57. The van der Waals surface area contributed by atoms with Gasteiger partial charge in [-0.1, -0.05) is 18.2 Å². The molecule has 2 unspecified atom stereocenters. The van der Waals surface area contributed by atoms with Crippen molar-refractivity contribution in [2.75, 3.05) is 7.11 Å². The maximum absolute atomic E-state index is 14.0. The van der Waals surface area contributed by atoms with Gasteiger partial charge in [0.15, 0.2) is 12.1 Å². The molecule has 5 nitrogen and oxygen atoms in total. The van der Waals surface area contributed by atoms with Crippen LogP contribution in [0.25, 0.3) is 0 Å². The molecule has 2 aromatic rings. The summed E-state index contributed by atoms with van der Waals surface area (Å²) in [6, 6.07) is 8.34. The minimum absolute atomic E-state index is 0.310. The predicted molar refractivity (Wildman–Crippen MR) is 83.8 cm³/mol. The number of esters is 1. The molecular formula is C18H15F2NO4. The van der Waals surface area contributed by atoms with Gasteiger partial charge in [-0.3, -0.25) is 4.79 Å². The number of para-hydroxylation sites is 1. The molecule has 25 heavy (non-hydrogen) atoms. The third-order valence-electron chi connectivity index (χ3n) is 3.93. The van der Waals surface area contributed by atoms with Gasteiger partial charge in [-0.15, -0.1) is 0 Å². The molecule has 0 radical (unpaired) electrons. The molecule has 1 heterocycles. The van der Waals surface area contributed by atoms with Gasteiger partial charge in [0.05, 0.1) is 7.11 Å². The van der Waals surface area contributed by atoms with Gasteiger partial charge in [0.25, 0.3) is 5.91 Å². The number of hydrogen-bond acceptors (Lipinski definition) is 4. The lowest BCUT2D eigenvalue weighted by molar-refractivity contribution is -0.146. The zero-order valence-electron chi connectivity index (χ0n) is 13.3. The molecule has 0 fully saturated rings. The van der Waals surface area contributed by atoms with Gasteiger partial charge in [-0.05, 0) is 29.8 Å². The number of carbonyl (C=O) groups is 2. The third-order valence-corrected chi connectivity index (χ3v) is 3.93. The number of methoxy groups -OCH3 is 1.